The molecule has 156 valence electrons. The van der Waals surface area contributed by atoms with Crippen LogP contribution in [0.5, 0.6) is 0 Å². The molecule has 30 heavy (non-hydrogen) atoms. The third-order valence-corrected chi connectivity index (χ3v) is 7.15. The van der Waals surface area contributed by atoms with E-state index in [9.17, 15) is 5.11 Å². The van der Waals surface area contributed by atoms with E-state index in [2.05, 4.69) is 46.3 Å². The Kier molecular flexibility index (Phi) is 4.83. The molecule has 2 aliphatic heterocycles. The molecule has 3 aliphatic rings. The monoisotopic (exact) mass is 403 g/mol. The largest absolute Gasteiger partial charge is 0.390 e. The van der Waals surface area contributed by atoms with Gasteiger partial charge in [0.15, 0.2) is 0 Å². The second-order valence-electron chi connectivity index (χ2n) is 8.72. The fraction of sp³-hybridized carbons (Fsp3) is 0.417. The summed E-state index contributed by atoms with van der Waals surface area (Å²) in [5, 5.41) is 14.2. The number of pyridine rings is 1. The van der Waals surface area contributed by atoms with Crippen molar-refractivity contribution < 1.29 is 5.11 Å². The van der Waals surface area contributed by atoms with Gasteiger partial charge in [-0.3, -0.25) is 0 Å². The molecule has 1 aliphatic carbocycles. The van der Waals surface area contributed by atoms with Crippen LogP contribution < -0.4 is 16.1 Å². The van der Waals surface area contributed by atoms with E-state index >= 15 is 0 Å². The zero-order chi connectivity index (χ0) is 20.7. The lowest BCUT2D eigenvalue weighted by molar-refractivity contribution is 0.187. The third-order valence-electron chi connectivity index (χ3n) is 7.15. The number of allylic oxidation sites excluding steroid dienone is 1. The van der Waals surface area contributed by atoms with Crippen LogP contribution in [-0.2, 0) is 13.0 Å². The average Bonchev–Trinajstić information content (AvgIpc) is 3.41. The topological polar surface area (TPSA) is 86.8 Å². The summed E-state index contributed by atoms with van der Waals surface area (Å²) in [5.41, 5.74) is 15.9. The van der Waals surface area contributed by atoms with Crippen molar-refractivity contribution in [1.29, 1.82) is 0 Å². The smallest absolute Gasteiger partial charge is 0.128 e. The summed E-state index contributed by atoms with van der Waals surface area (Å²) in [6, 6.07) is 12.8. The first-order valence-electron chi connectivity index (χ1n) is 10.8. The van der Waals surface area contributed by atoms with Crippen molar-refractivity contribution in [2.24, 2.45) is 16.3 Å². The van der Waals surface area contributed by atoms with Gasteiger partial charge in [-0.15, -0.1) is 0 Å². The maximum absolute atomic E-state index is 9.94. The van der Waals surface area contributed by atoms with E-state index in [1.165, 1.54) is 11.1 Å². The van der Waals surface area contributed by atoms with E-state index < -0.39 is 0 Å². The Labute approximate surface area is 177 Å². The van der Waals surface area contributed by atoms with Crippen molar-refractivity contribution in [3.63, 3.8) is 0 Å². The van der Waals surface area contributed by atoms with E-state index in [1.807, 2.05) is 12.1 Å². The quantitative estimate of drug-likeness (QED) is 0.731. The number of nitrogens with one attached hydrogen (secondary N) is 1. The van der Waals surface area contributed by atoms with Crippen LogP contribution in [0.4, 0.5) is 5.82 Å². The maximum atomic E-state index is 9.94. The van der Waals surface area contributed by atoms with Crippen LogP contribution in [0.1, 0.15) is 47.7 Å². The molecule has 1 aromatic heterocycles. The van der Waals surface area contributed by atoms with Gasteiger partial charge in [0, 0.05) is 37.7 Å². The molecule has 5 rings (SSSR count). The Hall–Kier alpha value is -2.70. The van der Waals surface area contributed by atoms with Crippen molar-refractivity contribution >= 4 is 17.1 Å². The second-order valence-corrected chi connectivity index (χ2v) is 8.72. The molecule has 2 aromatic rings. The molecule has 4 N–H and O–H groups in total. The highest BCUT2D eigenvalue weighted by Gasteiger charge is 2.45. The zero-order valence-electron chi connectivity index (χ0n) is 17.3. The van der Waals surface area contributed by atoms with Gasteiger partial charge in [-0.25, -0.2) is 4.98 Å². The molecule has 0 amide bonds. The molecular formula is C24H29N5O. The van der Waals surface area contributed by atoms with Crippen LogP contribution in [0.2, 0.25) is 0 Å². The van der Waals surface area contributed by atoms with Gasteiger partial charge < -0.3 is 21.2 Å². The lowest BCUT2D eigenvalue weighted by Gasteiger charge is -2.42. The Morgan fingerprint density at radius 1 is 1.23 bits per heavy atom. The minimum Gasteiger partial charge on any atom is -0.390 e. The summed E-state index contributed by atoms with van der Waals surface area (Å²) < 4.78 is 0. The van der Waals surface area contributed by atoms with Gasteiger partial charge in [0.2, 0.25) is 0 Å². The lowest BCUT2D eigenvalue weighted by atomic mass is 9.73. The number of aliphatic hydroxyl groups is 1. The van der Waals surface area contributed by atoms with E-state index in [4.69, 9.17) is 10.7 Å². The number of rotatable bonds is 4. The van der Waals surface area contributed by atoms with Gasteiger partial charge in [-0.05, 0) is 53.5 Å². The van der Waals surface area contributed by atoms with Gasteiger partial charge in [0.25, 0.3) is 0 Å². The van der Waals surface area contributed by atoms with Crippen molar-refractivity contribution in [2.45, 2.75) is 38.3 Å². The minimum atomic E-state index is -0.110. The Morgan fingerprint density at radius 3 is 2.73 bits per heavy atom. The molecule has 1 aromatic carbocycles. The molecule has 1 spiro atoms. The standard InChI is InChI=1S/C24H29N5O/c1-16(20-8-11-26-28-20)18-6-7-22(27-21(18)15-30)29-12-9-24(10-13-29)14-17-4-2-3-5-19(17)23(24)25/h2-7,23,26,30H,1,8-15,25H2/t23-/m1/s1. The van der Waals surface area contributed by atoms with Crippen molar-refractivity contribution in [3.8, 4) is 0 Å². The Bertz CT molecular complexity index is 1010. The van der Waals surface area contributed by atoms with Crippen molar-refractivity contribution in [1.82, 2.24) is 10.4 Å². The number of nitrogens with zero attached hydrogens (tertiary/aromatic N) is 3. The molecule has 0 radical (unpaired) electrons. The van der Waals surface area contributed by atoms with Gasteiger partial charge in [-0.2, -0.15) is 5.10 Å². The number of nitrogens with two attached hydrogens (primary N) is 1. The van der Waals surface area contributed by atoms with Gasteiger partial charge in [-0.1, -0.05) is 30.8 Å². The molecule has 0 unspecified atom stereocenters. The van der Waals surface area contributed by atoms with Crippen LogP contribution in [0.15, 0.2) is 48.1 Å². The molecule has 0 bridgehead atoms. The van der Waals surface area contributed by atoms with Crippen molar-refractivity contribution in [2.75, 3.05) is 24.5 Å². The highest BCUT2D eigenvalue weighted by Crippen LogP contribution is 2.50. The van der Waals surface area contributed by atoms with Gasteiger partial charge in [0.1, 0.15) is 5.82 Å². The lowest BCUT2D eigenvalue weighted by Crippen LogP contribution is -2.44. The number of hydrazone groups is 1. The van der Waals surface area contributed by atoms with Crippen LogP contribution in [0, 0.1) is 5.41 Å². The van der Waals surface area contributed by atoms with Gasteiger partial charge in [0.05, 0.1) is 18.0 Å². The number of hydrogen-bond donors (Lipinski definition) is 3. The minimum absolute atomic E-state index is 0.110. The summed E-state index contributed by atoms with van der Waals surface area (Å²) in [6.45, 7) is 6.76. The number of hydrogen-bond acceptors (Lipinski definition) is 6. The first-order chi connectivity index (χ1) is 14.6. The fourth-order valence-corrected chi connectivity index (χ4v) is 5.30. The van der Waals surface area contributed by atoms with Gasteiger partial charge >= 0.3 is 0 Å². The number of aliphatic hydroxyl groups excluding tert-OH is 1. The number of anilines is 1. The molecule has 1 fully saturated rings. The molecule has 1 atom stereocenters. The summed E-state index contributed by atoms with van der Waals surface area (Å²) in [5.74, 6) is 0.918. The summed E-state index contributed by atoms with van der Waals surface area (Å²) in [6.07, 6.45) is 4.02. The summed E-state index contributed by atoms with van der Waals surface area (Å²) in [7, 11) is 0. The average molecular weight is 404 g/mol. The molecule has 0 saturated carbocycles. The molecule has 6 heteroatoms. The maximum Gasteiger partial charge on any atom is 0.128 e. The molecule has 1 saturated heterocycles. The SMILES string of the molecule is C=C(C1=NNCC1)c1ccc(N2CCC3(CC2)Cc2ccccc2[C@H]3N)nc1CO. The predicted octanol–water partition coefficient (Wildman–Crippen LogP) is 2.78. The summed E-state index contributed by atoms with van der Waals surface area (Å²) >= 11 is 0. The Morgan fingerprint density at radius 2 is 2.03 bits per heavy atom. The van der Waals surface area contributed by atoms with Crippen molar-refractivity contribution in [3.05, 3.63) is 65.4 Å². The first kappa shape index (κ1) is 19.3. The predicted molar refractivity (Wildman–Crippen MR) is 120 cm³/mol. The molecular weight excluding hydrogens is 374 g/mol. The first-order valence-corrected chi connectivity index (χ1v) is 10.8. The summed E-state index contributed by atoms with van der Waals surface area (Å²) in [4.78, 5) is 7.11. The van der Waals surface area contributed by atoms with Crippen LogP contribution in [0.25, 0.3) is 5.57 Å². The second kappa shape index (κ2) is 7.52. The Balaban J connectivity index is 1.33. The highest BCUT2D eigenvalue weighted by atomic mass is 16.3. The highest BCUT2D eigenvalue weighted by molar-refractivity contribution is 6.23. The number of aromatic nitrogens is 1. The van der Waals surface area contributed by atoms with Crippen LogP contribution in [0.3, 0.4) is 0 Å². The number of fused-ring (bicyclic) bond motifs is 1. The third kappa shape index (κ3) is 3.11. The van der Waals surface area contributed by atoms with Crippen LogP contribution >= 0.6 is 0 Å². The number of benzene rings is 1. The molecule has 6 nitrogen and oxygen atoms in total. The normalized spacial score (nSPS) is 22.0. The molecule has 3 heterocycles. The van der Waals surface area contributed by atoms with E-state index in [-0.39, 0.29) is 18.1 Å². The van der Waals surface area contributed by atoms with E-state index in [1.54, 1.807) is 0 Å². The van der Waals surface area contributed by atoms with E-state index in [0.717, 1.165) is 68.0 Å². The fourth-order valence-electron chi connectivity index (χ4n) is 5.30. The number of piperidine rings is 1. The van der Waals surface area contributed by atoms with E-state index in [0.29, 0.717) is 5.69 Å². The van der Waals surface area contributed by atoms with Crippen LogP contribution in [-0.4, -0.2) is 35.4 Å². The zero-order valence-corrected chi connectivity index (χ0v) is 17.3.